The summed E-state index contributed by atoms with van der Waals surface area (Å²) in [7, 11) is 0. The molecule has 0 aliphatic carbocycles. The molecule has 2 N–H and O–H groups in total. The first-order valence-corrected chi connectivity index (χ1v) is 13.5. The van der Waals surface area contributed by atoms with Gasteiger partial charge in [-0.25, -0.2) is 4.79 Å². The van der Waals surface area contributed by atoms with Crippen molar-refractivity contribution in [2.75, 3.05) is 0 Å². The highest BCUT2D eigenvalue weighted by molar-refractivity contribution is 7.03. The monoisotopic (exact) mass is 531 g/mol. The fourth-order valence-electron chi connectivity index (χ4n) is 4.98. The van der Waals surface area contributed by atoms with E-state index in [0.29, 0.717) is 12.0 Å². The number of hydrogen-bond acceptors (Lipinski definition) is 4. The Kier molecular flexibility index (Phi) is 6.42. The van der Waals surface area contributed by atoms with Crippen LogP contribution in [0.4, 0.5) is 0 Å². The van der Waals surface area contributed by atoms with Crippen LogP contribution in [0.3, 0.4) is 0 Å². The van der Waals surface area contributed by atoms with E-state index in [-0.39, 0.29) is 17.5 Å². The number of amides is 1. The topological polar surface area (TPSA) is 83.7 Å². The number of nitrogens with one attached hydrogen (secondary N) is 1. The predicted octanol–water partition coefficient (Wildman–Crippen LogP) is 7.00. The van der Waals surface area contributed by atoms with Crippen molar-refractivity contribution in [3.63, 3.8) is 0 Å². The van der Waals surface area contributed by atoms with E-state index in [1.807, 2.05) is 53.4 Å². The molecule has 39 heavy (non-hydrogen) atoms. The molecule has 6 nitrogen and oxygen atoms in total. The normalized spacial score (nSPS) is 12.0. The summed E-state index contributed by atoms with van der Waals surface area (Å²) in [4.78, 5) is 25.0. The first kappa shape index (κ1) is 24.6. The first-order valence-electron chi connectivity index (χ1n) is 12.6. The zero-order valence-electron chi connectivity index (χ0n) is 21.2. The summed E-state index contributed by atoms with van der Waals surface area (Å²) in [5.74, 6) is -1.18. The number of benzene rings is 3. The third-order valence-corrected chi connectivity index (χ3v) is 7.58. The molecule has 7 heteroatoms. The van der Waals surface area contributed by atoms with Crippen molar-refractivity contribution >= 4 is 39.7 Å². The maximum absolute atomic E-state index is 13.8. The van der Waals surface area contributed by atoms with Crippen molar-refractivity contribution in [1.29, 1.82) is 0 Å². The number of rotatable bonds is 7. The van der Waals surface area contributed by atoms with Gasteiger partial charge in [-0.1, -0.05) is 54.6 Å². The van der Waals surface area contributed by atoms with E-state index in [4.69, 9.17) is 0 Å². The molecule has 0 unspecified atom stereocenters. The van der Waals surface area contributed by atoms with E-state index in [0.717, 1.165) is 27.9 Å². The standard InChI is InChI=1S/C32H25N3O3S/c1-20(22-8-10-24(11-9-22)32(37)38)33-31(36)28-18-27(29-13-15-39-34-29)19-35-14-12-26(30(28)35)17-21-6-7-23-4-2-3-5-25(23)16-21/h2-16,18-20H,17H2,1H3,(H,33,36)(H,37,38)/t20-/m0/s1. The molecular weight excluding hydrogens is 506 g/mol. The summed E-state index contributed by atoms with van der Waals surface area (Å²) in [6, 6.07) is 26.9. The first-order chi connectivity index (χ1) is 19.0. The van der Waals surface area contributed by atoms with Crippen LogP contribution in [-0.4, -0.2) is 25.8 Å². The van der Waals surface area contributed by atoms with Crippen molar-refractivity contribution in [2.24, 2.45) is 0 Å². The van der Waals surface area contributed by atoms with Crippen LogP contribution in [0.2, 0.25) is 0 Å². The summed E-state index contributed by atoms with van der Waals surface area (Å²) in [5, 5.41) is 16.6. The predicted molar refractivity (Wildman–Crippen MR) is 155 cm³/mol. The molecule has 6 aromatic rings. The zero-order valence-corrected chi connectivity index (χ0v) is 22.0. The van der Waals surface area contributed by atoms with Crippen LogP contribution in [0.15, 0.2) is 103 Å². The average Bonchev–Trinajstić information content (AvgIpc) is 3.63. The number of aromatic nitrogens is 2. The Morgan fingerprint density at radius 2 is 1.77 bits per heavy atom. The van der Waals surface area contributed by atoms with Crippen molar-refractivity contribution in [3.8, 4) is 11.3 Å². The Balaban J connectivity index is 1.38. The SMILES string of the molecule is C[C@H](NC(=O)c1cc(-c2ccsn2)cn2ccc(Cc3ccc4ccccc4c3)c12)c1ccc(C(=O)O)cc1. The average molecular weight is 532 g/mol. The van der Waals surface area contributed by atoms with Gasteiger partial charge < -0.3 is 14.8 Å². The summed E-state index contributed by atoms with van der Waals surface area (Å²) in [6.45, 7) is 1.89. The molecule has 0 bridgehead atoms. The van der Waals surface area contributed by atoms with Crippen LogP contribution < -0.4 is 5.32 Å². The lowest BCUT2D eigenvalue weighted by atomic mass is 9.99. The quantitative estimate of drug-likeness (QED) is 0.232. The van der Waals surface area contributed by atoms with Crippen LogP contribution in [0.5, 0.6) is 0 Å². The molecule has 0 saturated carbocycles. The Labute approximate surface area is 229 Å². The van der Waals surface area contributed by atoms with Gasteiger partial charge in [0.2, 0.25) is 0 Å². The van der Waals surface area contributed by atoms with Crippen molar-refractivity contribution in [3.05, 3.63) is 131 Å². The molecule has 0 saturated heterocycles. The number of carboxylic acid groups (broad SMARTS) is 1. The van der Waals surface area contributed by atoms with E-state index in [2.05, 4.69) is 46.1 Å². The second-order valence-electron chi connectivity index (χ2n) is 9.60. The summed E-state index contributed by atoms with van der Waals surface area (Å²) in [5.41, 5.74) is 6.36. The molecule has 1 amide bonds. The summed E-state index contributed by atoms with van der Waals surface area (Å²) < 4.78 is 6.48. The van der Waals surface area contributed by atoms with Gasteiger partial charge in [0.05, 0.1) is 28.4 Å². The fraction of sp³-hybridized carbons (Fsp3) is 0.0938. The van der Waals surface area contributed by atoms with Crippen molar-refractivity contribution in [2.45, 2.75) is 19.4 Å². The van der Waals surface area contributed by atoms with E-state index >= 15 is 0 Å². The van der Waals surface area contributed by atoms with Gasteiger partial charge in [-0.15, -0.1) is 0 Å². The number of fused-ring (bicyclic) bond motifs is 2. The lowest BCUT2D eigenvalue weighted by Crippen LogP contribution is -2.27. The molecular formula is C32H25N3O3S. The Morgan fingerprint density at radius 1 is 0.974 bits per heavy atom. The second-order valence-corrected chi connectivity index (χ2v) is 10.3. The highest BCUT2D eigenvalue weighted by atomic mass is 32.1. The molecule has 3 aromatic heterocycles. The van der Waals surface area contributed by atoms with Gasteiger partial charge >= 0.3 is 5.97 Å². The minimum Gasteiger partial charge on any atom is -0.478 e. The second kappa shape index (κ2) is 10.2. The van der Waals surface area contributed by atoms with Crippen molar-refractivity contribution in [1.82, 2.24) is 14.1 Å². The number of nitrogens with zero attached hydrogens (tertiary/aromatic N) is 2. The molecule has 0 aliphatic heterocycles. The number of hydrogen-bond donors (Lipinski definition) is 2. The van der Waals surface area contributed by atoms with E-state index in [9.17, 15) is 14.7 Å². The minimum atomic E-state index is -0.980. The molecule has 0 radical (unpaired) electrons. The van der Waals surface area contributed by atoms with Gasteiger partial charge in [0, 0.05) is 23.3 Å². The van der Waals surface area contributed by atoms with Crippen LogP contribution >= 0.6 is 11.5 Å². The third kappa shape index (κ3) is 4.92. The number of aromatic carboxylic acids is 1. The Hall–Kier alpha value is -4.75. The smallest absolute Gasteiger partial charge is 0.335 e. The highest BCUT2D eigenvalue weighted by Gasteiger charge is 2.20. The lowest BCUT2D eigenvalue weighted by molar-refractivity contribution is 0.0696. The van der Waals surface area contributed by atoms with Crippen LogP contribution in [0, 0.1) is 0 Å². The van der Waals surface area contributed by atoms with Gasteiger partial charge in [0.15, 0.2) is 0 Å². The molecule has 0 aliphatic rings. The van der Waals surface area contributed by atoms with Gasteiger partial charge in [-0.2, -0.15) is 4.37 Å². The van der Waals surface area contributed by atoms with Gasteiger partial charge in [-0.05, 0) is 82.7 Å². The van der Waals surface area contributed by atoms with Gasteiger partial charge in [0.25, 0.3) is 5.91 Å². The van der Waals surface area contributed by atoms with Gasteiger partial charge in [0.1, 0.15) is 0 Å². The molecule has 192 valence electrons. The number of carbonyl (C=O) groups excluding carboxylic acids is 1. The number of carboxylic acids is 1. The maximum atomic E-state index is 13.8. The van der Waals surface area contributed by atoms with Crippen LogP contribution in [-0.2, 0) is 6.42 Å². The third-order valence-electron chi connectivity index (χ3n) is 7.02. The minimum absolute atomic E-state index is 0.203. The lowest BCUT2D eigenvalue weighted by Gasteiger charge is -2.17. The molecule has 0 fully saturated rings. The maximum Gasteiger partial charge on any atom is 0.335 e. The number of pyridine rings is 1. The molecule has 3 heterocycles. The highest BCUT2D eigenvalue weighted by Crippen LogP contribution is 2.28. The molecule has 6 rings (SSSR count). The van der Waals surface area contributed by atoms with E-state index < -0.39 is 5.97 Å². The summed E-state index contributed by atoms with van der Waals surface area (Å²) >= 11 is 1.37. The fourth-order valence-corrected chi connectivity index (χ4v) is 5.51. The van der Waals surface area contributed by atoms with Crippen molar-refractivity contribution < 1.29 is 14.7 Å². The molecule has 1 atom stereocenters. The molecule has 0 spiro atoms. The zero-order chi connectivity index (χ0) is 26.9. The number of carbonyl (C=O) groups is 2. The van der Waals surface area contributed by atoms with Gasteiger partial charge in [-0.3, -0.25) is 4.79 Å². The Bertz CT molecular complexity index is 1820. The largest absolute Gasteiger partial charge is 0.478 e. The van der Waals surface area contributed by atoms with Crippen LogP contribution in [0.1, 0.15) is 50.4 Å². The van der Waals surface area contributed by atoms with E-state index in [1.165, 1.54) is 27.9 Å². The van der Waals surface area contributed by atoms with Crippen LogP contribution in [0.25, 0.3) is 27.5 Å². The van der Waals surface area contributed by atoms with E-state index in [1.54, 1.807) is 24.3 Å². The summed E-state index contributed by atoms with van der Waals surface area (Å²) in [6.07, 6.45) is 4.69. The Morgan fingerprint density at radius 3 is 2.51 bits per heavy atom. The molecule has 3 aromatic carbocycles.